The van der Waals surface area contributed by atoms with Crippen molar-refractivity contribution in [2.75, 3.05) is 42.9 Å². The Bertz CT molecular complexity index is 1080. The van der Waals surface area contributed by atoms with Crippen molar-refractivity contribution in [3.63, 3.8) is 0 Å². The quantitative estimate of drug-likeness (QED) is 0.609. The predicted molar refractivity (Wildman–Crippen MR) is 124 cm³/mol. The minimum Gasteiger partial charge on any atom is -0.497 e. The molecule has 1 aliphatic rings. The first-order valence-electron chi connectivity index (χ1n) is 10.3. The van der Waals surface area contributed by atoms with Crippen molar-refractivity contribution in [1.29, 1.82) is 0 Å². The lowest BCUT2D eigenvalue weighted by Crippen LogP contribution is -2.45. The average Bonchev–Trinajstić information content (AvgIpc) is 2.81. The summed E-state index contributed by atoms with van der Waals surface area (Å²) in [6.45, 7) is 4.86. The fourth-order valence-electron chi connectivity index (χ4n) is 3.71. The van der Waals surface area contributed by atoms with Gasteiger partial charge in [0.05, 0.1) is 12.0 Å². The van der Waals surface area contributed by atoms with Crippen molar-refractivity contribution < 1.29 is 13.2 Å². The van der Waals surface area contributed by atoms with Crippen molar-refractivity contribution >= 4 is 21.4 Å². The number of anilines is 2. The van der Waals surface area contributed by atoms with Gasteiger partial charge in [0.25, 0.3) is 10.0 Å². The normalized spacial score (nSPS) is 14.9. The maximum Gasteiger partial charge on any atom is 0.261 e. The van der Waals surface area contributed by atoms with Crippen LogP contribution >= 0.6 is 0 Å². The summed E-state index contributed by atoms with van der Waals surface area (Å²) < 4.78 is 32.9. The standard InChI is InChI=1S/C24H27N3O3S/c1-30-23-11-13-24(14-12-23)31(28,29)25-21-9-7-20(8-10-21)19-26-15-17-27(18-16-26)22-5-3-2-4-6-22/h2-14,25H,15-19H2,1H3. The van der Waals surface area contributed by atoms with Gasteiger partial charge in [0.15, 0.2) is 0 Å². The summed E-state index contributed by atoms with van der Waals surface area (Å²) >= 11 is 0. The van der Waals surface area contributed by atoms with Crippen LogP contribution in [0.15, 0.2) is 83.8 Å². The summed E-state index contributed by atoms with van der Waals surface area (Å²) in [4.78, 5) is 5.04. The number of benzene rings is 3. The summed E-state index contributed by atoms with van der Waals surface area (Å²) in [7, 11) is -2.08. The summed E-state index contributed by atoms with van der Waals surface area (Å²) in [6.07, 6.45) is 0. The van der Waals surface area contributed by atoms with E-state index in [4.69, 9.17) is 4.74 Å². The predicted octanol–water partition coefficient (Wildman–Crippen LogP) is 3.82. The van der Waals surface area contributed by atoms with Crippen LogP contribution in [0.1, 0.15) is 5.56 Å². The zero-order valence-corrected chi connectivity index (χ0v) is 18.4. The number of hydrogen-bond donors (Lipinski definition) is 1. The van der Waals surface area contributed by atoms with Crippen LogP contribution in [0, 0.1) is 0 Å². The molecule has 0 spiro atoms. The number of nitrogens with one attached hydrogen (secondary N) is 1. The van der Waals surface area contributed by atoms with E-state index in [1.165, 1.54) is 23.4 Å². The molecule has 1 fully saturated rings. The van der Waals surface area contributed by atoms with Gasteiger partial charge in [-0.3, -0.25) is 9.62 Å². The monoisotopic (exact) mass is 437 g/mol. The van der Waals surface area contributed by atoms with Gasteiger partial charge in [0, 0.05) is 44.1 Å². The van der Waals surface area contributed by atoms with Crippen LogP contribution in [-0.2, 0) is 16.6 Å². The lowest BCUT2D eigenvalue weighted by Gasteiger charge is -2.36. The molecule has 1 N–H and O–H groups in total. The molecule has 0 aliphatic carbocycles. The highest BCUT2D eigenvalue weighted by molar-refractivity contribution is 7.92. The van der Waals surface area contributed by atoms with Gasteiger partial charge < -0.3 is 9.64 Å². The smallest absolute Gasteiger partial charge is 0.261 e. The third-order valence-electron chi connectivity index (χ3n) is 5.48. The van der Waals surface area contributed by atoms with Crippen molar-refractivity contribution in [1.82, 2.24) is 4.90 Å². The molecule has 3 aromatic rings. The van der Waals surface area contributed by atoms with E-state index < -0.39 is 10.0 Å². The zero-order chi connectivity index (χ0) is 21.7. The fraction of sp³-hybridized carbons (Fsp3) is 0.250. The van der Waals surface area contributed by atoms with E-state index in [-0.39, 0.29) is 4.90 Å². The van der Waals surface area contributed by atoms with Gasteiger partial charge in [-0.15, -0.1) is 0 Å². The highest BCUT2D eigenvalue weighted by Crippen LogP contribution is 2.21. The average molecular weight is 438 g/mol. The first-order chi connectivity index (χ1) is 15.0. The Morgan fingerprint density at radius 2 is 1.48 bits per heavy atom. The summed E-state index contributed by atoms with van der Waals surface area (Å²) in [5.74, 6) is 0.618. The molecule has 0 aromatic heterocycles. The second kappa shape index (κ2) is 9.41. The summed E-state index contributed by atoms with van der Waals surface area (Å²) in [5.41, 5.74) is 2.99. The van der Waals surface area contributed by atoms with Crippen molar-refractivity contribution in [2.45, 2.75) is 11.4 Å². The Hall–Kier alpha value is -3.03. The van der Waals surface area contributed by atoms with Crippen LogP contribution in [0.25, 0.3) is 0 Å². The molecule has 31 heavy (non-hydrogen) atoms. The van der Waals surface area contributed by atoms with Crippen molar-refractivity contribution in [3.05, 3.63) is 84.4 Å². The van der Waals surface area contributed by atoms with E-state index in [9.17, 15) is 8.42 Å². The topological polar surface area (TPSA) is 61.9 Å². The highest BCUT2D eigenvalue weighted by Gasteiger charge is 2.18. The lowest BCUT2D eigenvalue weighted by atomic mass is 10.1. The molecule has 1 heterocycles. The second-order valence-corrected chi connectivity index (χ2v) is 9.26. The van der Waals surface area contributed by atoms with Crippen molar-refractivity contribution in [2.24, 2.45) is 0 Å². The van der Waals surface area contributed by atoms with E-state index in [2.05, 4.69) is 38.8 Å². The van der Waals surface area contributed by atoms with E-state index >= 15 is 0 Å². The van der Waals surface area contributed by atoms with E-state index in [1.807, 2.05) is 30.3 Å². The van der Waals surface area contributed by atoms with Crippen LogP contribution in [0.4, 0.5) is 11.4 Å². The number of nitrogens with zero attached hydrogens (tertiary/aromatic N) is 2. The molecule has 0 amide bonds. The Morgan fingerprint density at radius 1 is 0.839 bits per heavy atom. The minimum absolute atomic E-state index is 0.202. The molecule has 3 aromatic carbocycles. The first kappa shape index (κ1) is 21.2. The van der Waals surface area contributed by atoms with Gasteiger partial charge in [0.2, 0.25) is 0 Å². The molecule has 0 bridgehead atoms. The molecule has 0 atom stereocenters. The minimum atomic E-state index is -3.63. The molecule has 0 radical (unpaired) electrons. The highest BCUT2D eigenvalue weighted by atomic mass is 32.2. The molecule has 4 rings (SSSR count). The zero-order valence-electron chi connectivity index (χ0n) is 17.6. The number of ether oxygens (including phenoxy) is 1. The number of hydrogen-bond acceptors (Lipinski definition) is 5. The van der Waals surface area contributed by atoms with E-state index in [0.29, 0.717) is 11.4 Å². The summed E-state index contributed by atoms with van der Waals surface area (Å²) in [5, 5.41) is 0. The molecular weight excluding hydrogens is 410 g/mol. The van der Waals surface area contributed by atoms with Crippen LogP contribution in [0.5, 0.6) is 5.75 Å². The molecule has 7 heteroatoms. The molecule has 162 valence electrons. The van der Waals surface area contributed by atoms with Crippen LogP contribution < -0.4 is 14.4 Å². The van der Waals surface area contributed by atoms with E-state index in [1.54, 1.807) is 19.2 Å². The number of para-hydroxylation sites is 1. The fourth-order valence-corrected chi connectivity index (χ4v) is 4.77. The SMILES string of the molecule is COc1ccc(S(=O)(=O)Nc2ccc(CN3CCN(c4ccccc4)CC3)cc2)cc1. The van der Waals surface area contributed by atoms with Crippen LogP contribution in [0.3, 0.4) is 0 Å². The Kier molecular flexibility index (Phi) is 6.44. The van der Waals surface area contributed by atoms with Gasteiger partial charge in [-0.05, 0) is 54.1 Å². The van der Waals surface area contributed by atoms with Crippen LogP contribution in [0.2, 0.25) is 0 Å². The van der Waals surface area contributed by atoms with Gasteiger partial charge >= 0.3 is 0 Å². The number of methoxy groups -OCH3 is 1. The third-order valence-corrected chi connectivity index (χ3v) is 6.87. The van der Waals surface area contributed by atoms with Gasteiger partial charge in [-0.1, -0.05) is 30.3 Å². The van der Waals surface area contributed by atoms with Gasteiger partial charge in [-0.2, -0.15) is 0 Å². The third kappa shape index (κ3) is 5.37. The Morgan fingerprint density at radius 3 is 2.10 bits per heavy atom. The molecular formula is C24H27N3O3S. The molecule has 1 aliphatic heterocycles. The Balaban J connectivity index is 1.32. The maximum absolute atomic E-state index is 12.6. The van der Waals surface area contributed by atoms with E-state index in [0.717, 1.165) is 32.7 Å². The summed E-state index contributed by atoms with van der Waals surface area (Å²) in [6, 6.07) is 24.4. The van der Waals surface area contributed by atoms with Gasteiger partial charge in [0.1, 0.15) is 5.75 Å². The lowest BCUT2D eigenvalue weighted by molar-refractivity contribution is 0.250. The first-order valence-corrected chi connectivity index (χ1v) is 11.8. The molecule has 0 saturated carbocycles. The van der Waals surface area contributed by atoms with Crippen molar-refractivity contribution in [3.8, 4) is 5.75 Å². The second-order valence-electron chi connectivity index (χ2n) is 7.58. The number of sulfonamides is 1. The molecule has 1 saturated heterocycles. The molecule has 0 unspecified atom stereocenters. The number of piperazine rings is 1. The van der Waals surface area contributed by atoms with Gasteiger partial charge in [-0.25, -0.2) is 8.42 Å². The van der Waals surface area contributed by atoms with Crippen LogP contribution in [-0.4, -0.2) is 46.6 Å². The Labute approximate surface area is 184 Å². The number of rotatable bonds is 7. The largest absolute Gasteiger partial charge is 0.497 e. The maximum atomic E-state index is 12.6. The molecule has 6 nitrogen and oxygen atoms in total.